The first-order chi connectivity index (χ1) is 16.4. The zero-order chi connectivity index (χ0) is 24.5. The Balaban J connectivity index is 0.00000103. The first-order valence-corrected chi connectivity index (χ1v) is 10.6. The van der Waals surface area contributed by atoms with Crippen molar-refractivity contribution >= 4 is 11.8 Å². The van der Waals surface area contributed by atoms with Crippen LogP contribution in [-0.4, -0.2) is 42.5 Å². The number of hydrogen-bond donors (Lipinski definition) is 2. The van der Waals surface area contributed by atoms with Gasteiger partial charge in [-0.1, -0.05) is 43.6 Å². The summed E-state index contributed by atoms with van der Waals surface area (Å²) in [5.41, 5.74) is 1.71. The fourth-order valence-corrected chi connectivity index (χ4v) is 2.89. The standard InChI is InChI=1S/C20H16F2N6O3.C3H8/c21-13-4-2-1-3-12(13)11-28-17(15-6-8-31-27-15)9-16(26-28)20-24-10-14(22)19(25-20)23-7-5-18(29)30;1-3-2/h1-4,6,8-10H,5,7,11H2,(H,29,30)(H,23,24,25);3H2,1-2H3. The van der Waals surface area contributed by atoms with E-state index in [0.29, 0.717) is 22.6 Å². The Hall–Kier alpha value is -4.15. The maximum atomic E-state index is 14.2. The number of benzene rings is 1. The van der Waals surface area contributed by atoms with Crippen LogP contribution in [0.25, 0.3) is 22.9 Å². The predicted molar refractivity (Wildman–Crippen MR) is 121 cm³/mol. The largest absolute Gasteiger partial charge is 0.481 e. The van der Waals surface area contributed by atoms with Gasteiger partial charge in [0.05, 0.1) is 24.9 Å². The van der Waals surface area contributed by atoms with Crippen molar-refractivity contribution in [2.45, 2.75) is 33.2 Å². The lowest BCUT2D eigenvalue weighted by Crippen LogP contribution is -2.11. The SMILES string of the molecule is CCC.O=C(O)CCNc1nc(-c2cc(-c3ccon3)n(Cc3ccccc3F)n2)ncc1F. The van der Waals surface area contributed by atoms with Crippen molar-refractivity contribution in [3.05, 3.63) is 66.1 Å². The monoisotopic (exact) mass is 470 g/mol. The van der Waals surface area contributed by atoms with Gasteiger partial charge in [-0.2, -0.15) is 5.10 Å². The molecule has 4 rings (SSSR count). The van der Waals surface area contributed by atoms with E-state index >= 15 is 0 Å². The van der Waals surface area contributed by atoms with Crippen molar-refractivity contribution in [1.82, 2.24) is 24.9 Å². The quantitative estimate of drug-likeness (QED) is 0.383. The number of aromatic nitrogens is 5. The minimum atomic E-state index is -1.02. The highest BCUT2D eigenvalue weighted by Gasteiger charge is 2.18. The molecule has 3 heterocycles. The summed E-state index contributed by atoms with van der Waals surface area (Å²) in [7, 11) is 0. The van der Waals surface area contributed by atoms with E-state index in [0.717, 1.165) is 6.20 Å². The van der Waals surface area contributed by atoms with Crippen LogP contribution in [0.15, 0.2) is 53.4 Å². The second-order valence-electron chi connectivity index (χ2n) is 7.22. The number of anilines is 1. The van der Waals surface area contributed by atoms with Crippen LogP contribution in [-0.2, 0) is 11.3 Å². The molecular formula is C23H24F2N6O3. The normalized spacial score (nSPS) is 10.5. The molecule has 4 aromatic rings. The Morgan fingerprint density at radius 2 is 1.91 bits per heavy atom. The second-order valence-corrected chi connectivity index (χ2v) is 7.22. The molecule has 0 amide bonds. The number of nitrogens with zero attached hydrogens (tertiary/aromatic N) is 5. The van der Waals surface area contributed by atoms with Gasteiger partial charge in [0.1, 0.15) is 23.5 Å². The van der Waals surface area contributed by atoms with E-state index in [1.54, 1.807) is 30.3 Å². The molecule has 34 heavy (non-hydrogen) atoms. The van der Waals surface area contributed by atoms with Gasteiger partial charge < -0.3 is 14.9 Å². The number of rotatable bonds is 8. The molecular weight excluding hydrogens is 446 g/mol. The lowest BCUT2D eigenvalue weighted by molar-refractivity contribution is -0.136. The molecule has 0 bridgehead atoms. The number of carboxylic acid groups (broad SMARTS) is 1. The first kappa shape index (κ1) is 24.5. The molecule has 0 unspecified atom stereocenters. The van der Waals surface area contributed by atoms with Crippen LogP contribution in [0.3, 0.4) is 0 Å². The average Bonchev–Trinajstić information content (AvgIpc) is 3.47. The smallest absolute Gasteiger partial charge is 0.305 e. The van der Waals surface area contributed by atoms with Gasteiger partial charge in [0, 0.05) is 18.2 Å². The molecule has 1 aromatic carbocycles. The molecule has 0 aliphatic carbocycles. The van der Waals surface area contributed by atoms with Gasteiger partial charge in [-0.3, -0.25) is 9.48 Å². The summed E-state index contributed by atoms with van der Waals surface area (Å²) in [5, 5.41) is 19.7. The van der Waals surface area contributed by atoms with E-state index in [2.05, 4.69) is 39.4 Å². The second kappa shape index (κ2) is 11.6. The van der Waals surface area contributed by atoms with Gasteiger partial charge in [0.2, 0.25) is 0 Å². The highest BCUT2D eigenvalue weighted by molar-refractivity contribution is 5.67. The van der Waals surface area contributed by atoms with E-state index in [4.69, 9.17) is 9.63 Å². The van der Waals surface area contributed by atoms with Gasteiger partial charge in [0.15, 0.2) is 17.5 Å². The van der Waals surface area contributed by atoms with Crippen molar-refractivity contribution in [2.24, 2.45) is 0 Å². The Labute approximate surface area is 194 Å². The number of carbonyl (C=O) groups is 1. The molecule has 2 N–H and O–H groups in total. The number of halogens is 2. The summed E-state index contributed by atoms with van der Waals surface area (Å²) in [6, 6.07) is 9.57. The molecule has 0 atom stereocenters. The van der Waals surface area contributed by atoms with Crippen LogP contribution in [0, 0.1) is 11.6 Å². The Kier molecular flexibility index (Phi) is 8.38. The predicted octanol–water partition coefficient (Wildman–Crippen LogP) is 4.62. The molecule has 0 aliphatic heterocycles. The van der Waals surface area contributed by atoms with E-state index in [-0.39, 0.29) is 37.0 Å². The van der Waals surface area contributed by atoms with Gasteiger partial charge in [-0.15, -0.1) is 0 Å². The zero-order valence-corrected chi connectivity index (χ0v) is 18.7. The number of hydrogen-bond acceptors (Lipinski definition) is 7. The molecule has 9 nitrogen and oxygen atoms in total. The van der Waals surface area contributed by atoms with Crippen LogP contribution >= 0.6 is 0 Å². The maximum absolute atomic E-state index is 14.2. The average molecular weight is 470 g/mol. The molecule has 0 fully saturated rings. The molecule has 11 heteroatoms. The summed E-state index contributed by atoms with van der Waals surface area (Å²) in [5.74, 6) is -2.16. The molecule has 0 saturated carbocycles. The summed E-state index contributed by atoms with van der Waals surface area (Å²) >= 11 is 0. The minimum absolute atomic E-state index is 0.00534. The van der Waals surface area contributed by atoms with Crippen LogP contribution in [0.5, 0.6) is 0 Å². The highest BCUT2D eigenvalue weighted by Crippen LogP contribution is 2.25. The summed E-state index contributed by atoms with van der Waals surface area (Å²) in [4.78, 5) is 18.8. The molecule has 0 saturated heterocycles. The lowest BCUT2D eigenvalue weighted by atomic mass is 10.2. The lowest BCUT2D eigenvalue weighted by Gasteiger charge is -2.07. The molecule has 3 aromatic heterocycles. The van der Waals surface area contributed by atoms with Crippen molar-refractivity contribution in [3.63, 3.8) is 0 Å². The summed E-state index contributed by atoms with van der Waals surface area (Å²) < 4.78 is 34.6. The van der Waals surface area contributed by atoms with E-state index in [1.807, 2.05) is 0 Å². The third-order valence-electron chi connectivity index (χ3n) is 4.36. The molecule has 0 radical (unpaired) electrons. The molecule has 0 aliphatic rings. The summed E-state index contributed by atoms with van der Waals surface area (Å²) in [6.07, 6.45) is 3.41. The fourth-order valence-electron chi connectivity index (χ4n) is 2.89. The Morgan fingerprint density at radius 3 is 2.59 bits per heavy atom. The Bertz CT molecular complexity index is 1230. The van der Waals surface area contributed by atoms with Gasteiger partial charge >= 0.3 is 5.97 Å². The van der Waals surface area contributed by atoms with Crippen molar-refractivity contribution in [3.8, 4) is 22.9 Å². The van der Waals surface area contributed by atoms with Crippen LogP contribution in [0.4, 0.5) is 14.6 Å². The van der Waals surface area contributed by atoms with E-state index in [1.165, 1.54) is 23.4 Å². The fraction of sp³-hybridized carbons (Fsp3) is 0.261. The van der Waals surface area contributed by atoms with Gasteiger partial charge in [0.25, 0.3) is 0 Å². The molecule has 178 valence electrons. The number of carboxylic acids is 1. The maximum Gasteiger partial charge on any atom is 0.305 e. The minimum Gasteiger partial charge on any atom is -0.481 e. The van der Waals surface area contributed by atoms with Gasteiger partial charge in [-0.05, 0) is 12.1 Å². The number of nitrogens with one attached hydrogen (secondary N) is 1. The van der Waals surface area contributed by atoms with Crippen LogP contribution < -0.4 is 5.32 Å². The summed E-state index contributed by atoms with van der Waals surface area (Å²) in [6.45, 7) is 4.36. The number of aliphatic carboxylic acids is 1. The molecule has 0 spiro atoms. The first-order valence-electron chi connectivity index (χ1n) is 10.6. The highest BCUT2D eigenvalue weighted by atomic mass is 19.1. The van der Waals surface area contributed by atoms with E-state index < -0.39 is 11.8 Å². The third kappa shape index (κ3) is 6.21. The van der Waals surface area contributed by atoms with E-state index in [9.17, 15) is 13.6 Å². The third-order valence-corrected chi connectivity index (χ3v) is 4.36. The Morgan fingerprint density at radius 1 is 1.15 bits per heavy atom. The van der Waals surface area contributed by atoms with Crippen LogP contribution in [0.1, 0.15) is 32.3 Å². The van der Waals surface area contributed by atoms with Crippen LogP contribution in [0.2, 0.25) is 0 Å². The van der Waals surface area contributed by atoms with Crippen molar-refractivity contribution < 1.29 is 23.2 Å². The van der Waals surface area contributed by atoms with Crippen molar-refractivity contribution in [2.75, 3.05) is 11.9 Å². The van der Waals surface area contributed by atoms with Gasteiger partial charge in [-0.25, -0.2) is 18.7 Å². The van der Waals surface area contributed by atoms with Crippen molar-refractivity contribution in [1.29, 1.82) is 0 Å². The zero-order valence-electron chi connectivity index (χ0n) is 18.7. The topological polar surface area (TPSA) is 119 Å².